The minimum absolute atomic E-state index is 0.148. The zero-order chi connectivity index (χ0) is 11.2. The first-order valence-corrected chi connectivity index (χ1v) is 4.84. The van der Waals surface area contributed by atoms with E-state index in [1.165, 1.54) is 11.0 Å². The molecular formula is C11H13F2NO. The van der Waals surface area contributed by atoms with Gasteiger partial charge in [0.1, 0.15) is 0 Å². The first-order valence-electron chi connectivity index (χ1n) is 4.84. The number of nitrogens with zero attached hydrogens (tertiary/aromatic N) is 1. The molecule has 1 aliphatic carbocycles. The Morgan fingerprint density at radius 3 is 2.33 bits per heavy atom. The molecule has 1 N–H and O–H groups in total. The van der Waals surface area contributed by atoms with Crippen LogP contribution in [0.5, 0.6) is 0 Å². The maximum Gasteiger partial charge on any atom is 0.182 e. The van der Waals surface area contributed by atoms with Gasteiger partial charge in [0, 0.05) is 19.7 Å². The minimum Gasteiger partial charge on any atom is -0.385 e. The van der Waals surface area contributed by atoms with Crippen molar-refractivity contribution in [2.45, 2.75) is 18.4 Å². The monoisotopic (exact) mass is 213 g/mol. The number of rotatable bonds is 2. The Bertz CT molecular complexity index is 400. The average molecular weight is 213 g/mol. The summed E-state index contributed by atoms with van der Waals surface area (Å²) in [5.41, 5.74) is -0.324. The lowest BCUT2D eigenvalue weighted by Gasteiger charge is -2.21. The molecule has 1 saturated carbocycles. The summed E-state index contributed by atoms with van der Waals surface area (Å²) in [4.78, 5) is 1.49. The van der Waals surface area contributed by atoms with Crippen molar-refractivity contribution in [1.82, 2.24) is 0 Å². The summed E-state index contributed by atoms with van der Waals surface area (Å²) in [5.74, 6) is -1.77. The SMILES string of the molecule is CN(C)c1c(C2(O)CC2)ccc(F)c1F. The van der Waals surface area contributed by atoms with Crippen LogP contribution in [0.15, 0.2) is 12.1 Å². The van der Waals surface area contributed by atoms with Crippen LogP contribution < -0.4 is 4.90 Å². The van der Waals surface area contributed by atoms with Crippen LogP contribution in [0.1, 0.15) is 18.4 Å². The molecule has 1 fully saturated rings. The molecule has 0 spiro atoms. The van der Waals surface area contributed by atoms with E-state index >= 15 is 0 Å². The van der Waals surface area contributed by atoms with Crippen molar-refractivity contribution in [2.24, 2.45) is 0 Å². The third-order valence-electron chi connectivity index (χ3n) is 2.74. The number of anilines is 1. The Morgan fingerprint density at radius 1 is 1.27 bits per heavy atom. The van der Waals surface area contributed by atoms with Crippen LogP contribution in [-0.2, 0) is 5.60 Å². The largest absolute Gasteiger partial charge is 0.385 e. The van der Waals surface area contributed by atoms with E-state index in [4.69, 9.17) is 0 Å². The molecule has 0 heterocycles. The Hall–Kier alpha value is -1.16. The molecule has 2 rings (SSSR count). The summed E-state index contributed by atoms with van der Waals surface area (Å²) < 4.78 is 26.6. The Labute approximate surface area is 87.1 Å². The van der Waals surface area contributed by atoms with Crippen molar-refractivity contribution in [2.75, 3.05) is 19.0 Å². The van der Waals surface area contributed by atoms with E-state index < -0.39 is 17.2 Å². The minimum atomic E-state index is -0.950. The fourth-order valence-electron chi connectivity index (χ4n) is 1.74. The molecule has 1 aromatic rings. The first-order chi connectivity index (χ1) is 6.96. The Kier molecular flexibility index (Phi) is 2.19. The summed E-state index contributed by atoms with van der Waals surface area (Å²) in [5, 5.41) is 9.93. The second kappa shape index (κ2) is 3.17. The van der Waals surface area contributed by atoms with Gasteiger partial charge < -0.3 is 10.0 Å². The molecule has 0 unspecified atom stereocenters. The van der Waals surface area contributed by atoms with Gasteiger partial charge in [0.15, 0.2) is 11.6 Å². The Morgan fingerprint density at radius 2 is 1.87 bits per heavy atom. The number of hydrogen-bond donors (Lipinski definition) is 1. The first kappa shape index (κ1) is 10.4. The van der Waals surface area contributed by atoms with Gasteiger partial charge in [0.2, 0.25) is 0 Å². The molecule has 4 heteroatoms. The standard InChI is InChI=1S/C11H13F2NO/c1-14(2)10-7(11(15)5-6-11)3-4-8(12)9(10)13/h3-4,15H,5-6H2,1-2H3. The Balaban J connectivity index is 2.59. The van der Waals surface area contributed by atoms with Gasteiger partial charge in [0.05, 0.1) is 11.3 Å². The predicted octanol–water partition coefficient (Wildman–Crippen LogP) is 2.01. The van der Waals surface area contributed by atoms with Gasteiger partial charge in [-0.2, -0.15) is 0 Å². The van der Waals surface area contributed by atoms with Gasteiger partial charge in [-0.05, 0) is 18.9 Å². The topological polar surface area (TPSA) is 23.5 Å². The summed E-state index contributed by atoms with van der Waals surface area (Å²) in [6.45, 7) is 0. The highest BCUT2D eigenvalue weighted by molar-refractivity contribution is 5.58. The van der Waals surface area contributed by atoms with Gasteiger partial charge in [-0.3, -0.25) is 0 Å². The highest BCUT2D eigenvalue weighted by Gasteiger charge is 2.45. The number of benzene rings is 1. The van der Waals surface area contributed by atoms with E-state index in [9.17, 15) is 13.9 Å². The third kappa shape index (κ3) is 1.59. The molecule has 0 aliphatic heterocycles. The smallest absolute Gasteiger partial charge is 0.182 e. The molecule has 0 aromatic heterocycles. The molecule has 0 amide bonds. The van der Waals surface area contributed by atoms with Crippen molar-refractivity contribution >= 4 is 5.69 Å². The molecule has 1 aliphatic rings. The summed E-state index contributed by atoms with van der Waals surface area (Å²) >= 11 is 0. The van der Waals surface area contributed by atoms with Gasteiger partial charge in [-0.1, -0.05) is 6.07 Å². The van der Waals surface area contributed by atoms with Crippen LogP contribution in [0.2, 0.25) is 0 Å². The zero-order valence-corrected chi connectivity index (χ0v) is 8.72. The third-order valence-corrected chi connectivity index (χ3v) is 2.74. The van der Waals surface area contributed by atoms with Gasteiger partial charge in [-0.25, -0.2) is 8.78 Å². The lowest BCUT2D eigenvalue weighted by molar-refractivity contribution is 0.151. The number of hydrogen-bond acceptors (Lipinski definition) is 2. The fourth-order valence-corrected chi connectivity index (χ4v) is 1.74. The van der Waals surface area contributed by atoms with Crippen molar-refractivity contribution in [3.05, 3.63) is 29.3 Å². The van der Waals surface area contributed by atoms with Crippen molar-refractivity contribution in [3.63, 3.8) is 0 Å². The van der Waals surface area contributed by atoms with Crippen molar-refractivity contribution in [3.8, 4) is 0 Å². The molecule has 0 saturated heterocycles. The van der Waals surface area contributed by atoms with Crippen molar-refractivity contribution in [1.29, 1.82) is 0 Å². The average Bonchev–Trinajstić information content (AvgIpc) is 2.88. The van der Waals surface area contributed by atoms with Crippen LogP contribution >= 0.6 is 0 Å². The lowest BCUT2D eigenvalue weighted by Crippen LogP contribution is -2.18. The van der Waals surface area contributed by atoms with E-state index in [1.54, 1.807) is 14.1 Å². The van der Waals surface area contributed by atoms with Crippen LogP contribution in [0, 0.1) is 11.6 Å². The second-order valence-electron chi connectivity index (χ2n) is 4.18. The van der Waals surface area contributed by atoms with E-state index in [0.29, 0.717) is 18.4 Å². The van der Waals surface area contributed by atoms with Gasteiger partial charge >= 0.3 is 0 Å². The van der Waals surface area contributed by atoms with Gasteiger partial charge in [0.25, 0.3) is 0 Å². The molecule has 0 atom stereocenters. The molecule has 82 valence electrons. The van der Waals surface area contributed by atoms with Crippen LogP contribution in [0.4, 0.5) is 14.5 Å². The van der Waals surface area contributed by atoms with Gasteiger partial charge in [-0.15, -0.1) is 0 Å². The summed E-state index contributed by atoms with van der Waals surface area (Å²) in [6.07, 6.45) is 1.22. The van der Waals surface area contributed by atoms with E-state index in [1.807, 2.05) is 0 Å². The highest BCUT2D eigenvalue weighted by Crippen LogP contribution is 2.49. The molecule has 1 aromatic carbocycles. The normalized spacial score (nSPS) is 17.7. The molecule has 0 radical (unpaired) electrons. The van der Waals surface area contributed by atoms with Crippen LogP contribution in [-0.4, -0.2) is 19.2 Å². The fraction of sp³-hybridized carbons (Fsp3) is 0.455. The van der Waals surface area contributed by atoms with Crippen LogP contribution in [0.3, 0.4) is 0 Å². The number of halogens is 2. The second-order valence-corrected chi connectivity index (χ2v) is 4.18. The molecule has 0 bridgehead atoms. The summed E-state index contributed by atoms with van der Waals surface area (Å²) in [6, 6.07) is 2.52. The molecule has 15 heavy (non-hydrogen) atoms. The quantitative estimate of drug-likeness (QED) is 0.812. The molecule has 2 nitrogen and oxygen atoms in total. The summed E-state index contributed by atoms with van der Waals surface area (Å²) in [7, 11) is 3.26. The van der Waals surface area contributed by atoms with Crippen LogP contribution in [0.25, 0.3) is 0 Å². The highest BCUT2D eigenvalue weighted by atomic mass is 19.2. The maximum atomic E-state index is 13.5. The predicted molar refractivity (Wildman–Crippen MR) is 53.8 cm³/mol. The molecular weight excluding hydrogens is 200 g/mol. The van der Waals surface area contributed by atoms with E-state index in [-0.39, 0.29) is 5.69 Å². The maximum absolute atomic E-state index is 13.5. The number of aliphatic hydroxyl groups is 1. The van der Waals surface area contributed by atoms with E-state index in [0.717, 1.165) is 6.07 Å². The lowest BCUT2D eigenvalue weighted by atomic mass is 10.0. The van der Waals surface area contributed by atoms with Crippen molar-refractivity contribution < 1.29 is 13.9 Å². The zero-order valence-electron chi connectivity index (χ0n) is 8.72. The van der Waals surface area contributed by atoms with E-state index in [2.05, 4.69) is 0 Å².